The maximum atomic E-state index is 11.7. The van der Waals surface area contributed by atoms with Crippen molar-refractivity contribution >= 4 is 5.91 Å². The summed E-state index contributed by atoms with van der Waals surface area (Å²) in [7, 11) is 0. The van der Waals surface area contributed by atoms with E-state index in [1.807, 2.05) is 6.92 Å². The molecule has 134 valence electrons. The predicted molar refractivity (Wildman–Crippen MR) is 96.5 cm³/mol. The van der Waals surface area contributed by atoms with Crippen molar-refractivity contribution in [1.29, 1.82) is 0 Å². The average molecular weight is 333 g/mol. The fraction of sp³-hybridized carbons (Fsp3) is 0.632. The highest BCUT2D eigenvalue weighted by Crippen LogP contribution is 2.14. The number of rotatable bonds is 7. The number of hydrogen-bond acceptors (Lipinski definition) is 4. The van der Waals surface area contributed by atoms with Crippen LogP contribution in [0.25, 0.3) is 0 Å². The number of hydrogen-bond donors (Lipinski definition) is 2. The first-order valence-electron chi connectivity index (χ1n) is 8.90. The molecule has 0 aliphatic carbocycles. The van der Waals surface area contributed by atoms with Crippen LogP contribution in [-0.4, -0.2) is 42.1 Å². The fourth-order valence-corrected chi connectivity index (χ4v) is 3.08. The van der Waals surface area contributed by atoms with E-state index in [4.69, 9.17) is 10.5 Å². The largest absolute Gasteiger partial charge is 0.373 e. The molecule has 1 aromatic rings. The number of nitrogens with zero attached hydrogens (tertiary/aromatic N) is 1. The van der Waals surface area contributed by atoms with Crippen LogP contribution in [0.4, 0.5) is 0 Å². The van der Waals surface area contributed by atoms with Crippen LogP contribution in [0.3, 0.4) is 0 Å². The zero-order valence-corrected chi connectivity index (χ0v) is 15.1. The number of nitrogens with one attached hydrogen (secondary N) is 1. The highest BCUT2D eigenvalue weighted by atomic mass is 16.5. The smallest absolute Gasteiger partial charge is 0.220 e. The van der Waals surface area contributed by atoms with Gasteiger partial charge in [-0.3, -0.25) is 9.69 Å². The molecule has 3 unspecified atom stereocenters. The molecule has 1 aromatic carbocycles. The number of carbonyl (C=O) groups excluding carboxylic acids is 1. The van der Waals surface area contributed by atoms with E-state index in [2.05, 4.69) is 48.3 Å². The first-order chi connectivity index (χ1) is 11.4. The van der Waals surface area contributed by atoms with Gasteiger partial charge in [0.1, 0.15) is 0 Å². The molecule has 2 rings (SSSR count). The maximum Gasteiger partial charge on any atom is 0.220 e. The van der Waals surface area contributed by atoms with Gasteiger partial charge in [0, 0.05) is 38.6 Å². The second-order valence-corrected chi connectivity index (χ2v) is 7.06. The summed E-state index contributed by atoms with van der Waals surface area (Å²) in [5.74, 6) is 0.0627. The van der Waals surface area contributed by atoms with Crippen LogP contribution < -0.4 is 11.1 Å². The maximum absolute atomic E-state index is 11.7. The minimum absolute atomic E-state index is 0.0627. The van der Waals surface area contributed by atoms with Crippen molar-refractivity contribution in [2.75, 3.05) is 13.1 Å². The number of amides is 1. The second-order valence-electron chi connectivity index (χ2n) is 7.06. The van der Waals surface area contributed by atoms with Crippen molar-refractivity contribution in [2.45, 2.75) is 65.0 Å². The summed E-state index contributed by atoms with van der Waals surface area (Å²) in [5.41, 5.74) is 8.08. The van der Waals surface area contributed by atoms with Gasteiger partial charge >= 0.3 is 0 Å². The van der Waals surface area contributed by atoms with Crippen molar-refractivity contribution in [1.82, 2.24) is 10.2 Å². The zero-order chi connectivity index (χ0) is 17.5. The van der Waals surface area contributed by atoms with Gasteiger partial charge in [-0.15, -0.1) is 0 Å². The molecule has 0 radical (unpaired) electrons. The number of benzene rings is 1. The molecule has 0 saturated carbocycles. The van der Waals surface area contributed by atoms with Crippen molar-refractivity contribution < 1.29 is 9.53 Å². The van der Waals surface area contributed by atoms with Crippen molar-refractivity contribution in [3.63, 3.8) is 0 Å². The quantitative estimate of drug-likeness (QED) is 0.801. The Balaban J connectivity index is 1.77. The number of morpholine rings is 1. The van der Waals surface area contributed by atoms with Gasteiger partial charge in [-0.1, -0.05) is 24.3 Å². The van der Waals surface area contributed by atoms with Crippen LogP contribution in [0.5, 0.6) is 0 Å². The Morgan fingerprint density at radius 1 is 1.25 bits per heavy atom. The van der Waals surface area contributed by atoms with Crippen LogP contribution in [-0.2, 0) is 22.6 Å². The van der Waals surface area contributed by atoms with E-state index >= 15 is 0 Å². The molecule has 3 N–H and O–H groups in total. The van der Waals surface area contributed by atoms with Gasteiger partial charge in [0.2, 0.25) is 5.91 Å². The molecule has 5 nitrogen and oxygen atoms in total. The molecule has 1 heterocycles. The summed E-state index contributed by atoms with van der Waals surface area (Å²) < 4.78 is 5.77. The Morgan fingerprint density at radius 2 is 1.83 bits per heavy atom. The van der Waals surface area contributed by atoms with E-state index < -0.39 is 0 Å². The highest BCUT2D eigenvalue weighted by Gasteiger charge is 2.21. The molecule has 3 atom stereocenters. The van der Waals surface area contributed by atoms with Gasteiger partial charge < -0.3 is 15.8 Å². The lowest BCUT2D eigenvalue weighted by molar-refractivity contribution is -0.121. The third-order valence-corrected chi connectivity index (χ3v) is 4.24. The molecule has 1 fully saturated rings. The standard InChI is InChI=1S/C19H31N3O2/c1-14(20)4-9-19(23)21-10-17-5-7-18(8-6-17)13-22-11-15(2)24-16(3)12-22/h5-8,14-16H,4,9-13,20H2,1-3H3,(H,21,23). The van der Waals surface area contributed by atoms with Crippen LogP contribution in [0.15, 0.2) is 24.3 Å². The topological polar surface area (TPSA) is 67.6 Å². The molecule has 1 aliphatic rings. The number of nitrogens with two attached hydrogens (primary N) is 1. The van der Waals surface area contributed by atoms with Gasteiger partial charge in [-0.05, 0) is 38.3 Å². The molecule has 0 aromatic heterocycles. The first-order valence-corrected chi connectivity index (χ1v) is 8.90. The average Bonchev–Trinajstić information content (AvgIpc) is 2.51. The van der Waals surface area contributed by atoms with E-state index in [1.165, 1.54) is 5.56 Å². The highest BCUT2D eigenvalue weighted by molar-refractivity contribution is 5.75. The van der Waals surface area contributed by atoms with Crippen LogP contribution >= 0.6 is 0 Å². The molecular formula is C19H31N3O2. The lowest BCUT2D eigenvalue weighted by atomic mass is 10.1. The van der Waals surface area contributed by atoms with Gasteiger partial charge in [-0.2, -0.15) is 0 Å². The Hall–Kier alpha value is -1.43. The van der Waals surface area contributed by atoms with Gasteiger partial charge in [0.15, 0.2) is 0 Å². The fourth-order valence-electron chi connectivity index (χ4n) is 3.08. The van der Waals surface area contributed by atoms with Crippen LogP contribution in [0, 0.1) is 0 Å². The minimum atomic E-state index is 0.0627. The Morgan fingerprint density at radius 3 is 2.42 bits per heavy atom. The SMILES string of the molecule is CC(N)CCC(=O)NCc1ccc(CN2CC(C)OC(C)C2)cc1. The monoisotopic (exact) mass is 333 g/mol. The summed E-state index contributed by atoms with van der Waals surface area (Å²) in [6, 6.07) is 8.55. The third kappa shape index (κ3) is 6.59. The molecule has 1 amide bonds. The predicted octanol–water partition coefficient (Wildman–Crippen LogP) is 2.04. The Labute approximate surface area is 145 Å². The molecule has 1 aliphatic heterocycles. The van der Waals surface area contributed by atoms with Gasteiger partial charge in [0.05, 0.1) is 12.2 Å². The van der Waals surface area contributed by atoms with Crippen molar-refractivity contribution in [3.8, 4) is 0 Å². The van der Waals surface area contributed by atoms with E-state index in [0.717, 1.165) is 31.6 Å². The summed E-state index contributed by atoms with van der Waals surface area (Å²) in [5, 5.41) is 2.95. The first kappa shape index (κ1) is 18.9. The van der Waals surface area contributed by atoms with E-state index in [1.54, 1.807) is 0 Å². The summed E-state index contributed by atoms with van der Waals surface area (Å²) in [6.45, 7) is 9.63. The molecular weight excluding hydrogens is 302 g/mol. The lowest BCUT2D eigenvalue weighted by Gasteiger charge is -2.35. The lowest BCUT2D eigenvalue weighted by Crippen LogP contribution is -2.44. The van der Waals surface area contributed by atoms with Crippen LogP contribution in [0.2, 0.25) is 0 Å². The van der Waals surface area contributed by atoms with E-state index in [0.29, 0.717) is 25.2 Å². The number of ether oxygens (including phenoxy) is 1. The molecule has 5 heteroatoms. The third-order valence-electron chi connectivity index (χ3n) is 4.24. The summed E-state index contributed by atoms with van der Waals surface area (Å²) in [4.78, 5) is 14.2. The Kier molecular flexibility index (Phi) is 7.21. The van der Waals surface area contributed by atoms with Gasteiger partial charge in [-0.25, -0.2) is 0 Å². The number of carbonyl (C=O) groups is 1. The zero-order valence-electron chi connectivity index (χ0n) is 15.1. The Bertz CT molecular complexity index is 506. The van der Waals surface area contributed by atoms with Crippen molar-refractivity contribution in [2.24, 2.45) is 5.73 Å². The van der Waals surface area contributed by atoms with Gasteiger partial charge in [0.25, 0.3) is 0 Å². The normalized spacial score (nSPS) is 23.0. The molecule has 24 heavy (non-hydrogen) atoms. The van der Waals surface area contributed by atoms with Crippen LogP contribution in [0.1, 0.15) is 44.7 Å². The van der Waals surface area contributed by atoms with E-state index in [9.17, 15) is 4.79 Å². The summed E-state index contributed by atoms with van der Waals surface area (Å²) >= 11 is 0. The summed E-state index contributed by atoms with van der Waals surface area (Å²) in [6.07, 6.45) is 1.79. The van der Waals surface area contributed by atoms with Crippen molar-refractivity contribution in [3.05, 3.63) is 35.4 Å². The second kappa shape index (κ2) is 9.16. The molecule has 0 bridgehead atoms. The molecule has 1 saturated heterocycles. The molecule has 0 spiro atoms. The van der Waals surface area contributed by atoms with E-state index in [-0.39, 0.29) is 11.9 Å². The minimum Gasteiger partial charge on any atom is -0.373 e.